The molecule has 36 heavy (non-hydrogen) atoms. The third-order valence-corrected chi connectivity index (χ3v) is 5.39. The highest BCUT2D eigenvalue weighted by Gasteiger charge is 2.15. The molecule has 1 unspecified atom stereocenters. The normalized spacial score (nSPS) is 16.9. The second-order valence-corrected chi connectivity index (χ2v) is 8.22. The summed E-state index contributed by atoms with van der Waals surface area (Å²) in [4.78, 5) is 23.4. The molecule has 0 aliphatic carbocycles. The number of carboxylic acid groups (broad SMARTS) is 2. The molecule has 2 aliphatic rings. The van der Waals surface area contributed by atoms with Gasteiger partial charge in [-0.3, -0.25) is 4.99 Å². The molecule has 2 aromatic carbocycles. The number of carboxylic acids is 2. The number of aliphatic carboxylic acids is 2. The summed E-state index contributed by atoms with van der Waals surface area (Å²) >= 11 is 0. The SMILES string of the molecule is Fc1cc(OCC2CCCCO2)ccc1Cc1ccc(NC2=NCCN2)cc1.O=C(O)/C=C\C(=O)O. The Labute approximate surface area is 208 Å². The number of anilines is 1. The maximum absolute atomic E-state index is 14.5. The summed E-state index contributed by atoms with van der Waals surface area (Å²) in [6.45, 7) is 2.94. The van der Waals surface area contributed by atoms with Gasteiger partial charge in [0.05, 0.1) is 12.6 Å². The summed E-state index contributed by atoms with van der Waals surface area (Å²) in [5, 5.41) is 22.0. The summed E-state index contributed by atoms with van der Waals surface area (Å²) in [5.74, 6) is -1.40. The van der Waals surface area contributed by atoms with Crippen molar-refractivity contribution in [1.82, 2.24) is 5.32 Å². The number of benzene rings is 2. The molecule has 9 nitrogen and oxygen atoms in total. The first-order valence-corrected chi connectivity index (χ1v) is 11.7. The number of hydrogen-bond donors (Lipinski definition) is 4. The minimum absolute atomic E-state index is 0.119. The van der Waals surface area contributed by atoms with Crippen molar-refractivity contribution in [2.24, 2.45) is 4.99 Å². The van der Waals surface area contributed by atoms with Crippen LogP contribution >= 0.6 is 0 Å². The molecular weight excluding hydrogens is 469 g/mol. The molecule has 2 aliphatic heterocycles. The van der Waals surface area contributed by atoms with Crippen LogP contribution in [0.3, 0.4) is 0 Å². The standard InChI is InChI=1S/C22H26FN3O2.C4H4O4/c23-21-14-19(28-15-20-3-1-2-12-27-20)9-6-17(21)13-16-4-7-18(8-5-16)26-22-24-10-11-25-22;5-3(6)1-2-4(7)8/h4-9,14,20H,1-3,10-13,15H2,(H2,24,25,26);1-2H,(H,5,6)(H,7,8)/b;2-1-. The number of carbonyl (C=O) groups is 2. The van der Waals surface area contributed by atoms with Crippen LogP contribution in [0.15, 0.2) is 59.6 Å². The van der Waals surface area contributed by atoms with Gasteiger partial charge in [0.15, 0.2) is 5.96 Å². The number of guanidine groups is 1. The van der Waals surface area contributed by atoms with Crippen LogP contribution in [0, 0.1) is 5.82 Å². The average molecular weight is 500 g/mol. The van der Waals surface area contributed by atoms with Crippen molar-refractivity contribution in [1.29, 1.82) is 0 Å². The number of nitrogens with one attached hydrogen (secondary N) is 2. The Morgan fingerprint density at radius 3 is 2.47 bits per heavy atom. The molecular formula is C26H30FN3O6. The van der Waals surface area contributed by atoms with Gasteiger partial charge in [-0.1, -0.05) is 18.2 Å². The van der Waals surface area contributed by atoms with E-state index in [1.165, 1.54) is 12.5 Å². The summed E-state index contributed by atoms with van der Waals surface area (Å²) in [5.41, 5.74) is 2.67. The van der Waals surface area contributed by atoms with Gasteiger partial charge in [0.1, 0.15) is 18.2 Å². The Bertz CT molecular complexity index is 1070. The summed E-state index contributed by atoms with van der Waals surface area (Å²) < 4.78 is 25.9. The molecule has 0 radical (unpaired) electrons. The molecule has 1 fully saturated rings. The largest absolute Gasteiger partial charge is 0.491 e. The van der Waals surface area contributed by atoms with Crippen LogP contribution < -0.4 is 15.4 Å². The zero-order chi connectivity index (χ0) is 25.8. The van der Waals surface area contributed by atoms with Gasteiger partial charge >= 0.3 is 11.9 Å². The van der Waals surface area contributed by atoms with E-state index in [4.69, 9.17) is 19.7 Å². The first-order valence-electron chi connectivity index (χ1n) is 11.7. The summed E-state index contributed by atoms with van der Waals surface area (Å²) in [6.07, 6.45) is 5.06. The molecule has 4 rings (SSSR count). The zero-order valence-electron chi connectivity index (χ0n) is 19.8. The number of rotatable bonds is 8. The smallest absolute Gasteiger partial charge is 0.328 e. The van der Waals surface area contributed by atoms with Gasteiger partial charge in [-0.25, -0.2) is 14.0 Å². The van der Waals surface area contributed by atoms with E-state index in [-0.39, 0.29) is 11.9 Å². The molecule has 1 saturated heterocycles. The van der Waals surface area contributed by atoms with Gasteiger partial charge in [-0.05, 0) is 48.6 Å². The van der Waals surface area contributed by atoms with Crippen LogP contribution in [-0.2, 0) is 20.7 Å². The highest BCUT2D eigenvalue weighted by molar-refractivity contribution is 5.94. The Hall–Kier alpha value is -3.92. The quantitative estimate of drug-likeness (QED) is 0.407. The van der Waals surface area contributed by atoms with Crippen molar-refractivity contribution in [3.8, 4) is 5.75 Å². The van der Waals surface area contributed by atoms with Gasteiger partial charge in [0, 0.05) is 43.5 Å². The zero-order valence-corrected chi connectivity index (χ0v) is 19.8. The molecule has 1 atom stereocenters. The fraction of sp³-hybridized carbons (Fsp3) is 0.346. The fourth-order valence-electron chi connectivity index (χ4n) is 3.58. The first kappa shape index (κ1) is 26.7. The molecule has 0 amide bonds. The monoisotopic (exact) mass is 499 g/mol. The van der Waals surface area contributed by atoms with Crippen LogP contribution in [0.4, 0.5) is 10.1 Å². The van der Waals surface area contributed by atoms with Gasteiger partial charge in [0.25, 0.3) is 0 Å². The summed E-state index contributed by atoms with van der Waals surface area (Å²) in [6, 6.07) is 13.1. The maximum Gasteiger partial charge on any atom is 0.328 e. The van der Waals surface area contributed by atoms with E-state index in [0.717, 1.165) is 49.7 Å². The van der Waals surface area contributed by atoms with Gasteiger partial charge in [-0.2, -0.15) is 0 Å². The number of nitrogens with zero attached hydrogens (tertiary/aromatic N) is 1. The predicted molar refractivity (Wildman–Crippen MR) is 133 cm³/mol. The third kappa shape index (κ3) is 9.38. The van der Waals surface area contributed by atoms with Crippen molar-refractivity contribution < 1.29 is 33.7 Å². The van der Waals surface area contributed by atoms with Crippen molar-refractivity contribution in [2.45, 2.75) is 31.8 Å². The lowest BCUT2D eigenvalue weighted by molar-refractivity contribution is -0.134. The van der Waals surface area contributed by atoms with Crippen LogP contribution in [0.5, 0.6) is 5.75 Å². The van der Waals surface area contributed by atoms with E-state index >= 15 is 0 Å². The Kier molecular flexibility index (Phi) is 10.3. The van der Waals surface area contributed by atoms with Gasteiger partial charge in [-0.15, -0.1) is 0 Å². The number of ether oxygens (including phenoxy) is 2. The van der Waals surface area contributed by atoms with Crippen molar-refractivity contribution in [3.63, 3.8) is 0 Å². The van der Waals surface area contributed by atoms with E-state index in [1.807, 2.05) is 30.3 Å². The Balaban J connectivity index is 0.000000392. The van der Waals surface area contributed by atoms with Crippen LogP contribution in [0.2, 0.25) is 0 Å². The third-order valence-electron chi connectivity index (χ3n) is 5.39. The number of hydrogen-bond acceptors (Lipinski definition) is 7. The van der Waals surface area contributed by atoms with E-state index in [2.05, 4.69) is 15.6 Å². The highest BCUT2D eigenvalue weighted by atomic mass is 19.1. The molecule has 2 heterocycles. The predicted octanol–water partition coefficient (Wildman–Crippen LogP) is 3.45. The van der Waals surface area contributed by atoms with E-state index < -0.39 is 11.9 Å². The lowest BCUT2D eigenvalue weighted by atomic mass is 10.0. The van der Waals surface area contributed by atoms with E-state index in [9.17, 15) is 14.0 Å². The molecule has 0 saturated carbocycles. The van der Waals surface area contributed by atoms with E-state index in [0.29, 0.717) is 36.5 Å². The molecule has 192 valence electrons. The van der Waals surface area contributed by atoms with Crippen LogP contribution in [0.25, 0.3) is 0 Å². The molecule has 0 spiro atoms. The lowest BCUT2D eigenvalue weighted by Gasteiger charge is -2.22. The molecule has 0 bridgehead atoms. The topological polar surface area (TPSA) is 129 Å². The Morgan fingerprint density at radius 2 is 1.89 bits per heavy atom. The van der Waals surface area contributed by atoms with Crippen molar-refractivity contribution >= 4 is 23.6 Å². The molecule has 4 N–H and O–H groups in total. The second-order valence-electron chi connectivity index (χ2n) is 8.22. The summed E-state index contributed by atoms with van der Waals surface area (Å²) in [7, 11) is 0. The highest BCUT2D eigenvalue weighted by Crippen LogP contribution is 2.22. The minimum Gasteiger partial charge on any atom is -0.491 e. The molecule has 2 aromatic rings. The van der Waals surface area contributed by atoms with Gasteiger partial charge in [0.2, 0.25) is 0 Å². The minimum atomic E-state index is -1.26. The van der Waals surface area contributed by atoms with Crippen LogP contribution in [-0.4, -0.2) is 60.5 Å². The molecule has 0 aromatic heterocycles. The number of halogens is 1. The Morgan fingerprint density at radius 1 is 1.14 bits per heavy atom. The maximum atomic E-state index is 14.5. The second kappa shape index (κ2) is 13.8. The lowest BCUT2D eigenvalue weighted by Crippen LogP contribution is -2.26. The van der Waals surface area contributed by atoms with Crippen molar-refractivity contribution in [3.05, 3.63) is 71.6 Å². The fourth-order valence-corrected chi connectivity index (χ4v) is 3.58. The number of aliphatic imine (C=N–C) groups is 1. The van der Waals surface area contributed by atoms with Crippen LogP contribution in [0.1, 0.15) is 30.4 Å². The van der Waals surface area contributed by atoms with E-state index in [1.54, 1.807) is 6.07 Å². The van der Waals surface area contributed by atoms with Crippen molar-refractivity contribution in [2.75, 3.05) is 31.6 Å². The molecule has 10 heteroatoms. The first-order chi connectivity index (χ1) is 17.4. The average Bonchev–Trinajstić information content (AvgIpc) is 3.38. The van der Waals surface area contributed by atoms with Gasteiger partial charge < -0.3 is 30.3 Å².